The second kappa shape index (κ2) is 19.1. The van der Waals surface area contributed by atoms with Crippen molar-refractivity contribution < 1.29 is 18.3 Å². The van der Waals surface area contributed by atoms with Crippen LogP contribution in [0.5, 0.6) is 5.75 Å². The molecule has 2 rings (SSSR count). The molecule has 0 aliphatic rings. The predicted molar refractivity (Wildman–Crippen MR) is 162 cm³/mol. The predicted octanol–water partition coefficient (Wildman–Crippen LogP) is 6.82. The highest BCUT2D eigenvalue weighted by atomic mass is 32.2. The lowest BCUT2D eigenvalue weighted by atomic mass is 10.0. The Morgan fingerprint density at radius 2 is 1.85 bits per heavy atom. The van der Waals surface area contributed by atoms with Gasteiger partial charge in [0.1, 0.15) is 5.75 Å². The number of nitrogens with zero attached hydrogens (tertiary/aromatic N) is 5. The molecule has 2 aromatic rings. The summed E-state index contributed by atoms with van der Waals surface area (Å²) in [5.74, 6) is -0.137. The van der Waals surface area contributed by atoms with Gasteiger partial charge in [-0.1, -0.05) is 34.1 Å². The Morgan fingerprint density at radius 1 is 1.21 bits per heavy atom. The number of rotatable bonds is 11. The van der Waals surface area contributed by atoms with Gasteiger partial charge in [0.15, 0.2) is 0 Å². The molecule has 0 saturated heterocycles. The third-order valence-electron chi connectivity index (χ3n) is 5.83. The smallest absolute Gasteiger partial charge is 0.416 e. The van der Waals surface area contributed by atoms with Gasteiger partial charge in [0.2, 0.25) is 5.62 Å². The number of aromatic nitrogens is 2. The Hall–Kier alpha value is -2.02. The van der Waals surface area contributed by atoms with Gasteiger partial charge >= 0.3 is 6.18 Å². The minimum absolute atomic E-state index is 0.231. The van der Waals surface area contributed by atoms with Gasteiger partial charge in [-0.15, -0.1) is 0 Å². The fraction of sp³-hybridized carbons (Fsp3) is 0.593. The number of halogens is 3. The molecule has 0 spiro atoms. The van der Waals surface area contributed by atoms with E-state index in [9.17, 15) is 18.3 Å². The molecule has 0 fully saturated rings. The lowest BCUT2D eigenvalue weighted by Gasteiger charge is -2.25. The third-order valence-corrected chi connectivity index (χ3v) is 6.79. The number of nitrogens with one attached hydrogen (secondary N) is 1. The van der Waals surface area contributed by atoms with Gasteiger partial charge in [-0.2, -0.15) is 30.9 Å². The number of hydrogen-bond donors (Lipinski definition) is 3. The van der Waals surface area contributed by atoms with Crippen molar-refractivity contribution in [3.8, 4) is 17.0 Å². The molecule has 1 aromatic heterocycles. The molecule has 2 N–H and O–H groups in total. The van der Waals surface area contributed by atoms with Crippen LogP contribution in [0.25, 0.3) is 11.3 Å². The Bertz CT molecular complexity index is 1030. The molecule has 0 saturated carbocycles. The maximum absolute atomic E-state index is 12.9. The molecule has 39 heavy (non-hydrogen) atoms. The molecular formula is C27H45F3N6OS2. The van der Waals surface area contributed by atoms with Crippen molar-refractivity contribution in [2.45, 2.75) is 73.0 Å². The minimum atomic E-state index is -4.53. The van der Waals surface area contributed by atoms with Crippen molar-refractivity contribution in [2.24, 2.45) is 16.0 Å². The highest BCUT2D eigenvalue weighted by Crippen LogP contribution is 2.38. The van der Waals surface area contributed by atoms with E-state index in [0.717, 1.165) is 12.5 Å². The van der Waals surface area contributed by atoms with Crippen LogP contribution in [0.4, 0.5) is 13.2 Å². The minimum Gasteiger partial charge on any atom is -0.507 e. The Morgan fingerprint density at radius 3 is 2.31 bits per heavy atom. The molecule has 2 atom stereocenters. The van der Waals surface area contributed by atoms with Gasteiger partial charge in [-0.3, -0.25) is 4.72 Å². The van der Waals surface area contributed by atoms with Crippen molar-refractivity contribution >= 4 is 31.5 Å². The third kappa shape index (κ3) is 12.4. The fourth-order valence-corrected chi connectivity index (χ4v) is 4.13. The lowest BCUT2D eigenvalue weighted by molar-refractivity contribution is -0.137. The van der Waals surface area contributed by atoms with Crippen LogP contribution in [0.1, 0.15) is 65.0 Å². The van der Waals surface area contributed by atoms with E-state index in [1.165, 1.54) is 31.0 Å². The van der Waals surface area contributed by atoms with E-state index in [-0.39, 0.29) is 16.7 Å². The van der Waals surface area contributed by atoms with Crippen molar-refractivity contribution in [1.82, 2.24) is 18.7 Å². The average Bonchev–Trinajstić information content (AvgIpc) is 2.91. The number of aromatic hydroxyl groups is 1. The topological polar surface area (TPSA) is 78.0 Å². The summed E-state index contributed by atoms with van der Waals surface area (Å²) in [4.78, 5) is 8.76. The van der Waals surface area contributed by atoms with Crippen LogP contribution in [0.3, 0.4) is 0 Å². The number of benzene rings is 1. The summed E-state index contributed by atoms with van der Waals surface area (Å²) in [6.07, 6.45) is 2.11. The molecule has 0 aliphatic carbocycles. The number of phenols is 1. The first-order chi connectivity index (χ1) is 18.4. The first-order valence-electron chi connectivity index (χ1n) is 13.0. The summed E-state index contributed by atoms with van der Waals surface area (Å²) < 4.78 is 45.5. The Kier molecular flexibility index (Phi) is 18.1. The number of hydrogen-bond acceptors (Lipinski definition) is 8. The molecular weight excluding hydrogens is 545 g/mol. The number of alkyl halides is 3. The normalized spacial score (nSPS) is 13.2. The van der Waals surface area contributed by atoms with Crippen molar-refractivity contribution in [2.75, 3.05) is 26.4 Å². The highest BCUT2D eigenvalue weighted by Gasteiger charge is 2.32. The largest absolute Gasteiger partial charge is 0.507 e. The zero-order chi connectivity index (χ0) is 30.2. The Labute approximate surface area is 241 Å². The van der Waals surface area contributed by atoms with Crippen LogP contribution in [0.15, 0.2) is 34.5 Å². The summed E-state index contributed by atoms with van der Waals surface area (Å²) in [6, 6.07) is 3.91. The van der Waals surface area contributed by atoms with Crippen LogP contribution < -0.4 is 10.3 Å². The van der Waals surface area contributed by atoms with E-state index in [4.69, 9.17) is 0 Å². The number of aryl methyl sites for hydroxylation is 1. The summed E-state index contributed by atoms with van der Waals surface area (Å²) in [6.45, 7) is 17.4. The van der Waals surface area contributed by atoms with E-state index in [1.54, 1.807) is 30.7 Å². The fourth-order valence-electron chi connectivity index (χ4n) is 3.29. The maximum Gasteiger partial charge on any atom is 0.416 e. The average molecular weight is 591 g/mol. The van der Waals surface area contributed by atoms with E-state index < -0.39 is 17.5 Å². The van der Waals surface area contributed by atoms with Gasteiger partial charge in [-0.05, 0) is 69.7 Å². The van der Waals surface area contributed by atoms with Crippen LogP contribution in [0, 0.1) is 12.8 Å². The first-order valence-corrected chi connectivity index (χ1v) is 14.6. The summed E-state index contributed by atoms with van der Waals surface area (Å²) in [5.41, 5.74) is 0.181. The molecule has 0 radical (unpaired) electrons. The highest BCUT2D eigenvalue weighted by molar-refractivity contribution is 7.95. The summed E-state index contributed by atoms with van der Waals surface area (Å²) in [5, 5.41) is 13.9. The van der Waals surface area contributed by atoms with Crippen LogP contribution in [0.2, 0.25) is 0 Å². The maximum atomic E-state index is 12.9. The molecule has 1 unspecified atom stereocenters. The molecule has 1 aromatic carbocycles. The van der Waals surface area contributed by atoms with E-state index >= 15 is 0 Å². The van der Waals surface area contributed by atoms with Gasteiger partial charge in [0.05, 0.1) is 11.3 Å². The first kappa shape index (κ1) is 37.0. The molecule has 12 heteroatoms. The summed E-state index contributed by atoms with van der Waals surface area (Å²) >= 11 is 5.24. The molecule has 222 valence electrons. The monoisotopic (exact) mass is 590 g/mol. The van der Waals surface area contributed by atoms with Gasteiger partial charge in [0, 0.05) is 49.7 Å². The molecule has 0 aliphatic heterocycles. The van der Waals surface area contributed by atoms with E-state index in [1.807, 2.05) is 20.9 Å². The number of thiol groups is 1. The van der Waals surface area contributed by atoms with Gasteiger partial charge < -0.3 is 5.11 Å². The zero-order valence-corrected chi connectivity index (χ0v) is 26.1. The van der Waals surface area contributed by atoms with Crippen molar-refractivity contribution in [3.63, 3.8) is 0 Å². The lowest BCUT2D eigenvalue weighted by Crippen LogP contribution is -2.29. The molecule has 1 heterocycles. The molecule has 7 nitrogen and oxygen atoms in total. The Balaban J connectivity index is 0.000000935. The quantitative estimate of drug-likeness (QED) is 0.152. The molecule has 0 amide bonds. The van der Waals surface area contributed by atoms with Crippen molar-refractivity contribution in [1.29, 1.82) is 0 Å². The number of phenolic OH excluding ortho intramolecular Hbond substituents is 1. The van der Waals surface area contributed by atoms with Crippen molar-refractivity contribution in [3.05, 3.63) is 41.1 Å². The summed E-state index contributed by atoms with van der Waals surface area (Å²) in [7, 11) is 1.97. The van der Waals surface area contributed by atoms with E-state index in [2.05, 4.69) is 64.2 Å². The zero-order valence-electron chi connectivity index (χ0n) is 24.4. The second-order valence-electron chi connectivity index (χ2n) is 8.83. The van der Waals surface area contributed by atoms with Crippen LogP contribution in [-0.2, 0) is 6.18 Å². The van der Waals surface area contributed by atoms with Crippen LogP contribution in [-0.4, -0.2) is 58.2 Å². The SMILES string of the molecule is C=Nn1ccc(-c2c(C)cc(C(F)(F)F)cc2O)nc1=NCC(C)CC.CCCN(SNC)[C@H](C)CC.CS. The van der Waals surface area contributed by atoms with Crippen LogP contribution >= 0.6 is 24.8 Å². The van der Waals surface area contributed by atoms with E-state index in [0.29, 0.717) is 30.3 Å². The molecule has 0 bridgehead atoms. The standard InChI is InChI=1S/C18H21F3N4O.C8H20N2S.CH4S/c1-5-11(2)10-23-17-24-14(6-7-25(17)22-4)16-12(3)8-13(9-15(16)26)18(19,20)21;1-5-7-10(11-9-4)8(3)6-2;1-2/h6-9,11,26H,4-5,10H2,1-3H3;8-9H,5-7H2,1-4H3;2H,1H3/t;8-;/m.1./s1. The van der Waals surface area contributed by atoms with Gasteiger partial charge in [-0.25, -0.2) is 19.0 Å². The second-order valence-corrected chi connectivity index (χ2v) is 9.89. The van der Waals surface area contributed by atoms with Gasteiger partial charge in [0.25, 0.3) is 0 Å².